The predicted molar refractivity (Wildman–Crippen MR) is 100 cm³/mol. The van der Waals surface area contributed by atoms with E-state index in [4.69, 9.17) is 10.5 Å². The van der Waals surface area contributed by atoms with Crippen molar-refractivity contribution in [2.24, 2.45) is 5.73 Å². The molecule has 0 heterocycles. The van der Waals surface area contributed by atoms with Gasteiger partial charge in [0.2, 0.25) is 11.8 Å². The van der Waals surface area contributed by atoms with Crippen LogP contribution in [0.3, 0.4) is 0 Å². The molecule has 24 heavy (non-hydrogen) atoms. The molecule has 2 N–H and O–H groups in total. The Morgan fingerprint density at radius 1 is 1.25 bits per heavy atom. The molecule has 136 valence electrons. The summed E-state index contributed by atoms with van der Waals surface area (Å²) in [6.07, 6.45) is 0. The minimum atomic E-state index is -1.22. The van der Waals surface area contributed by atoms with Crippen LogP contribution in [0.15, 0.2) is 28.7 Å². The molecule has 1 unspecified atom stereocenters. The smallest absolute Gasteiger partial charge is 0.247 e. The molecule has 0 aliphatic rings. The van der Waals surface area contributed by atoms with Gasteiger partial charge in [0.25, 0.3) is 0 Å². The number of nitrogens with zero attached hydrogens (tertiary/aromatic N) is 2. The van der Waals surface area contributed by atoms with E-state index in [2.05, 4.69) is 15.9 Å². The van der Waals surface area contributed by atoms with E-state index in [1.54, 1.807) is 40.3 Å². The summed E-state index contributed by atoms with van der Waals surface area (Å²) in [6, 6.07) is 7.25. The van der Waals surface area contributed by atoms with Gasteiger partial charge in [-0.15, -0.1) is 12.4 Å². The maximum Gasteiger partial charge on any atom is 0.247 e. The Balaban J connectivity index is 0.00000529. The number of carbonyl (C=O) groups excluding carboxylic acids is 2. The van der Waals surface area contributed by atoms with Crippen LogP contribution in [-0.2, 0) is 19.9 Å². The molecule has 0 saturated heterocycles. The molecule has 0 bridgehead atoms. The van der Waals surface area contributed by atoms with Gasteiger partial charge < -0.3 is 20.3 Å². The molecule has 0 fully saturated rings. The number of hydrogen-bond acceptors (Lipinski definition) is 4. The summed E-state index contributed by atoms with van der Waals surface area (Å²) >= 11 is 3.36. The summed E-state index contributed by atoms with van der Waals surface area (Å²) in [6.45, 7) is 2.26. The molecule has 0 spiro atoms. The minimum absolute atomic E-state index is 0. The van der Waals surface area contributed by atoms with Crippen LogP contribution in [0.5, 0.6) is 0 Å². The fraction of sp³-hybridized carbons (Fsp3) is 0.500. The van der Waals surface area contributed by atoms with Crippen molar-refractivity contribution in [3.63, 3.8) is 0 Å². The topological polar surface area (TPSA) is 75.9 Å². The highest BCUT2D eigenvalue weighted by Crippen LogP contribution is 2.22. The van der Waals surface area contributed by atoms with Gasteiger partial charge in [-0.25, -0.2) is 0 Å². The third-order valence-electron chi connectivity index (χ3n) is 3.57. The largest absolute Gasteiger partial charge is 0.383 e. The number of amides is 2. The van der Waals surface area contributed by atoms with Crippen molar-refractivity contribution in [1.29, 1.82) is 0 Å². The lowest BCUT2D eigenvalue weighted by atomic mass is 9.91. The van der Waals surface area contributed by atoms with E-state index in [1.165, 1.54) is 9.80 Å². The molecule has 0 aliphatic heterocycles. The van der Waals surface area contributed by atoms with E-state index in [0.717, 1.165) is 4.47 Å². The van der Waals surface area contributed by atoms with Crippen LogP contribution < -0.4 is 5.73 Å². The van der Waals surface area contributed by atoms with Gasteiger partial charge in [-0.05, 0) is 24.6 Å². The van der Waals surface area contributed by atoms with Gasteiger partial charge >= 0.3 is 0 Å². The van der Waals surface area contributed by atoms with Crippen LogP contribution in [0.4, 0.5) is 0 Å². The fourth-order valence-corrected chi connectivity index (χ4v) is 2.27. The second-order valence-corrected chi connectivity index (χ2v) is 6.63. The van der Waals surface area contributed by atoms with Crippen LogP contribution in [0.25, 0.3) is 0 Å². The molecule has 1 rings (SSSR count). The first-order valence-corrected chi connectivity index (χ1v) is 8.02. The van der Waals surface area contributed by atoms with Crippen molar-refractivity contribution < 1.29 is 14.3 Å². The summed E-state index contributed by atoms with van der Waals surface area (Å²) in [5.74, 6) is -0.479. The molecule has 1 aromatic carbocycles. The number of hydrogen-bond donors (Lipinski definition) is 1. The first-order chi connectivity index (χ1) is 10.7. The Bertz CT molecular complexity index is 550. The van der Waals surface area contributed by atoms with Crippen LogP contribution in [0.2, 0.25) is 0 Å². The summed E-state index contributed by atoms with van der Waals surface area (Å²) in [7, 11) is 4.85. The molecule has 0 aromatic heterocycles. The Hall–Kier alpha value is -1.15. The third kappa shape index (κ3) is 6.05. The quantitative estimate of drug-likeness (QED) is 0.724. The van der Waals surface area contributed by atoms with Gasteiger partial charge in [0.1, 0.15) is 5.54 Å². The first-order valence-electron chi connectivity index (χ1n) is 7.23. The molecule has 2 amide bonds. The molecule has 0 saturated carbocycles. The molecule has 1 atom stereocenters. The lowest BCUT2D eigenvalue weighted by Crippen LogP contribution is -2.53. The van der Waals surface area contributed by atoms with Crippen LogP contribution >= 0.6 is 28.3 Å². The van der Waals surface area contributed by atoms with Gasteiger partial charge in [0.15, 0.2) is 0 Å². The monoisotopic (exact) mass is 421 g/mol. The zero-order valence-electron chi connectivity index (χ0n) is 14.4. The van der Waals surface area contributed by atoms with E-state index < -0.39 is 5.54 Å². The highest BCUT2D eigenvalue weighted by atomic mass is 79.9. The van der Waals surface area contributed by atoms with E-state index in [-0.39, 0.29) is 30.8 Å². The third-order valence-corrected chi connectivity index (χ3v) is 4.09. The van der Waals surface area contributed by atoms with Crippen LogP contribution in [-0.4, -0.2) is 62.5 Å². The van der Waals surface area contributed by atoms with Crippen molar-refractivity contribution in [1.82, 2.24) is 9.80 Å². The average molecular weight is 423 g/mol. The van der Waals surface area contributed by atoms with Gasteiger partial charge in [0, 0.05) is 32.2 Å². The van der Waals surface area contributed by atoms with E-state index >= 15 is 0 Å². The first kappa shape index (κ1) is 22.9. The number of carbonyl (C=O) groups is 2. The molecule has 8 heteroatoms. The highest BCUT2D eigenvalue weighted by Gasteiger charge is 2.35. The van der Waals surface area contributed by atoms with E-state index in [0.29, 0.717) is 18.7 Å². The van der Waals surface area contributed by atoms with Gasteiger partial charge in [-0.2, -0.15) is 0 Å². The zero-order chi connectivity index (χ0) is 17.6. The molecular weight excluding hydrogens is 398 g/mol. The van der Waals surface area contributed by atoms with Gasteiger partial charge in [-0.1, -0.05) is 28.1 Å². The minimum Gasteiger partial charge on any atom is -0.383 e. The van der Waals surface area contributed by atoms with Crippen LogP contribution in [0, 0.1) is 0 Å². The molecular formula is C16H25BrClN3O3. The number of ether oxygens (including phenoxy) is 1. The second kappa shape index (κ2) is 9.98. The summed E-state index contributed by atoms with van der Waals surface area (Å²) < 4.78 is 5.94. The summed E-state index contributed by atoms with van der Waals surface area (Å²) in [4.78, 5) is 27.7. The van der Waals surface area contributed by atoms with Gasteiger partial charge in [0.05, 0.1) is 13.2 Å². The zero-order valence-corrected chi connectivity index (χ0v) is 16.8. The number of rotatable bonds is 7. The Morgan fingerprint density at radius 3 is 2.25 bits per heavy atom. The van der Waals surface area contributed by atoms with Crippen molar-refractivity contribution in [3.05, 3.63) is 34.3 Å². The average Bonchev–Trinajstić information content (AvgIpc) is 2.50. The highest BCUT2D eigenvalue weighted by molar-refractivity contribution is 9.10. The standard InChI is InChI=1S/C16H24BrN3O3.ClH/c1-16(18,12-5-7-13(17)8-6-12)15(22)20(9-10-23-4)11-14(21)19(2)3;/h5-8H,9-11,18H2,1-4H3;1H. The normalized spacial score (nSPS) is 12.8. The SMILES string of the molecule is COCCN(CC(=O)N(C)C)C(=O)C(C)(N)c1ccc(Br)cc1.Cl. The van der Waals surface area contributed by atoms with Gasteiger partial charge in [-0.3, -0.25) is 9.59 Å². The van der Waals surface area contributed by atoms with Crippen LogP contribution in [0.1, 0.15) is 12.5 Å². The van der Waals surface area contributed by atoms with E-state index in [1.807, 2.05) is 12.1 Å². The number of methoxy groups -OCH3 is 1. The number of halogens is 2. The maximum atomic E-state index is 12.9. The lowest BCUT2D eigenvalue weighted by Gasteiger charge is -2.32. The Labute approximate surface area is 157 Å². The molecule has 6 nitrogen and oxygen atoms in total. The predicted octanol–water partition coefficient (Wildman–Crippen LogP) is 1.61. The second-order valence-electron chi connectivity index (χ2n) is 5.72. The van der Waals surface area contributed by atoms with E-state index in [9.17, 15) is 9.59 Å². The van der Waals surface area contributed by atoms with Crippen molar-refractivity contribution >= 4 is 40.2 Å². The number of nitrogens with two attached hydrogens (primary N) is 1. The number of benzene rings is 1. The summed E-state index contributed by atoms with van der Waals surface area (Å²) in [5, 5.41) is 0. The Morgan fingerprint density at radius 2 is 1.79 bits per heavy atom. The molecule has 0 aliphatic carbocycles. The molecule has 0 radical (unpaired) electrons. The number of likely N-dealkylation sites (N-methyl/N-ethyl adjacent to an activating group) is 1. The lowest BCUT2D eigenvalue weighted by molar-refractivity contribution is -0.143. The van der Waals surface area contributed by atoms with Crippen molar-refractivity contribution in [2.45, 2.75) is 12.5 Å². The summed E-state index contributed by atoms with van der Waals surface area (Å²) in [5.41, 5.74) is 5.75. The van der Waals surface area contributed by atoms with Crippen molar-refractivity contribution in [2.75, 3.05) is 40.9 Å². The molecule has 1 aromatic rings. The Kier molecular flexibility index (Phi) is 9.50. The van der Waals surface area contributed by atoms with Crippen molar-refractivity contribution in [3.8, 4) is 0 Å². The fourth-order valence-electron chi connectivity index (χ4n) is 2.01. The maximum absolute atomic E-state index is 12.9.